The fourth-order valence-electron chi connectivity index (χ4n) is 1.41. The summed E-state index contributed by atoms with van der Waals surface area (Å²) in [6.45, 7) is 0.928. The Bertz CT molecular complexity index is 443. The number of benzene rings is 1. The van der Waals surface area contributed by atoms with Crippen molar-refractivity contribution < 1.29 is 27.4 Å². The van der Waals surface area contributed by atoms with Crippen LogP contribution < -0.4 is 15.4 Å². The molecule has 1 aromatic carbocycles. The number of urea groups is 1. The quantitative estimate of drug-likeness (QED) is 0.888. The van der Waals surface area contributed by atoms with Gasteiger partial charge in [-0.15, -0.1) is 13.2 Å². The molecule has 0 aromatic heterocycles. The normalized spacial score (nSPS) is 15.5. The summed E-state index contributed by atoms with van der Waals surface area (Å²) in [7, 11) is 0. The highest BCUT2D eigenvalue weighted by atomic mass is 19.4. The highest BCUT2D eigenvalue weighted by Gasteiger charge is 2.31. The second-order valence-electron chi connectivity index (χ2n) is 3.91. The Labute approximate surface area is 106 Å². The Hall–Kier alpha value is -1.96. The van der Waals surface area contributed by atoms with Crippen molar-refractivity contribution in [1.29, 1.82) is 0 Å². The van der Waals surface area contributed by atoms with Crippen molar-refractivity contribution in [3.8, 4) is 5.75 Å². The van der Waals surface area contributed by atoms with Crippen LogP contribution in [0.25, 0.3) is 0 Å². The molecule has 1 fully saturated rings. The number of halogens is 3. The van der Waals surface area contributed by atoms with E-state index in [9.17, 15) is 18.0 Å². The van der Waals surface area contributed by atoms with Gasteiger partial charge in [0.05, 0.1) is 19.3 Å². The summed E-state index contributed by atoms with van der Waals surface area (Å²) in [5.74, 6) is -0.342. The Morgan fingerprint density at radius 1 is 1.26 bits per heavy atom. The molecule has 1 aliphatic rings. The molecule has 1 saturated heterocycles. The van der Waals surface area contributed by atoms with E-state index in [-0.39, 0.29) is 11.8 Å². The van der Waals surface area contributed by atoms with Gasteiger partial charge >= 0.3 is 12.4 Å². The van der Waals surface area contributed by atoms with Crippen molar-refractivity contribution in [3.05, 3.63) is 24.3 Å². The van der Waals surface area contributed by atoms with Crippen LogP contribution in [0.1, 0.15) is 0 Å². The summed E-state index contributed by atoms with van der Waals surface area (Å²) in [4.78, 5) is 11.4. The first kappa shape index (κ1) is 13.5. The fraction of sp³-hybridized carbons (Fsp3) is 0.364. The number of ether oxygens (including phenoxy) is 2. The third-order valence-corrected chi connectivity index (χ3v) is 2.32. The number of nitrogens with one attached hydrogen (secondary N) is 2. The second-order valence-corrected chi connectivity index (χ2v) is 3.91. The first-order chi connectivity index (χ1) is 8.92. The molecule has 0 unspecified atom stereocenters. The van der Waals surface area contributed by atoms with Crippen LogP contribution in [0.3, 0.4) is 0 Å². The molecule has 1 aromatic rings. The Balaban J connectivity index is 1.85. The number of carbonyl (C=O) groups is 1. The summed E-state index contributed by atoms with van der Waals surface area (Å²) in [6, 6.07) is 4.42. The smallest absolute Gasteiger partial charge is 0.406 e. The number of amides is 2. The van der Waals surface area contributed by atoms with E-state index in [0.717, 1.165) is 12.1 Å². The Morgan fingerprint density at radius 3 is 2.37 bits per heavy atom. The SMILES string of the molecule is O=C(Nc1ccc(OC(F)(F)F)cc1)NC1COC1. The first-order valence-corrected chi connectivity index (χ1v) is 5.43. The average Bonchev–Trinajstić information content (AvgIpc) is 2.24. The lowest BCUT2D eigenvalue weighted by molar-refractivity contribution is -0.274. The maximum absolute atomic E-state index is 11.9. The monoisotopic (exact) mass is 276 g/mol. The van der Waals surface area contributed by atoms with E-state index in [4.69, 9.17) is 4.74 Å². The Kier molecular flexibility index (Phi) is 3.79. The predicted molar refractivity (Wildman–Crippen MR) is 59.9 cm³/mol. The zero-order valence-corrected chi connectivity index (χ0v) is 9.66. The fourth-order valence-corrected chi connectivity index (χ4v) is 1.41. The van der Waals surface area contributed by atoms with Crippen LogP contribution in [0.5, 0.6) is 5.75 Å². The van der Waals surface area contributed by atoms with Crippen molar-refractivity contribution in [2.45, 2.75) is 12.4 Å². The molecule has 0 bridgehead atoms. The minimum atomic E-state index is -4.73. The Morgan fingerprint density at radius 2 is 1.89 bits per heavy atom. The number of hydrogen-bond acceptors (Lipinski definition) is 3. The molecule has 2 N–H and O–H groups in total. The van der Waals surface area contributed by atoms with Gasteiger partial charge in [-0.1, -0.05) is 0 Å². The van der Waals surface area contributed by atoms with E-state index >= 15 is 0 Å². The second kappa shape index (κ2) is 5.35. The molecule has 0 spiro atoms. The molecule has 104 valence electrons. The number of anilines is 1. The largest absolute Gasteiger partial charge is 0.573 e. The lowest BCUT2D eigenvalue weighted by Crippen LogP contribution is -2.49. The maximum Gasteiger partial charge on any atom is 0.573 e. The molecule has 2 amide bonds. The van der Waals surface area contributed by atoms with Gasteiger partial charge in [-0.2, -0.15) is 0 Å². The zero-order valence-electron chi connectivity index (χ0n) is 9.66. The van der Waals surface area contributed by atoms with E-state index in [1.807, 2.05) is 0 Å². The van der Waals surface area contributed by atoms with Crippen LogP contribution in [-0.4, -0.2) is 31.6 Å². The van der Waals surface area contributed by atoms with Crippen LogP contribution >= 0.6 is 0 Å². The summed E-state index contributed by atoms with van der Waals surface area (Å²) >= 11 is 0. The van der Waals surface area contributed by atoms with Crippen molar-refractivity contribution in [2.24, 2.45) is 0 Å². The maximum atomic E-state index is 11.9. The molecule has 1 heterocycles. The molecule has 0 aliphatic carbocycles. The van der Waals surface area contributed by atoms with Crippen LogP contribution in [0, 0.1) is 0 Å². The minimum absolute atomic E-state index is 0.0205. The van der Waals surface area contributed by atoms with E-state index < -0.39 is 12.4 Å². The average molecular weight is 276 g/mol. The van der Waals surface area contributed by atoms with Gasteiger partial charge in [0.1, 0.15) is 5.75 Å². The molecule has 1 aliphatic heterocycles. The summed E-state index contributed by atoms with van der Waals surface area (Å²) in [5.41, 5.74) is 0.368. The molecule has 0 atom stereocenters. The summed E-state index contributed by atoms with van der Waals surface area (Å²) < 4.78 is 44.4. The molecule has 8 heteroatoms. The lowest BCUT2D eigenvalue weighted by atomic mass is 10.2. The van der Waals surface area contributed by atoms with Gasteiger partial charge in [-0.25, -0.2) is 4.79 Å². The zero-order chi connectivity index (χ0) is 13.9. The van der Waals surface area contributed by atoms with Crippen molar-refractivity contribution in [3.63, 3.8) is 0 Å². The lowest BCUT2D eigenvalue weighted by Gasteiger charge is -2.26. The predicted octanol–water partition coefficient (Wildman–Crippen LogP) is 2.11. The van der Waals surface area contributed by atoms with Gasteiger partial charge in [0.2, 0.25) is 0 Å². The number of carbonyl (C=O) groups excluding carboxylic acids is 1. The van der Waals surface area contributed by atoms with Gasteiger partial charge in [0, 0.05) is 5.69 Å². The molecule has 5 nitrogen and oxygen atoms in total. The molecular weight excluding hydrogens is 265 g/mol. The third kappa shape index (κ3) is 4.32. The topological polar surface area (TPSA) is 59.6 Å². The van der Waals surface area contributed by atoms with Gasteiger partial charge in [-0.3, -0.25) is 0 Å². The first-order valence-electron chi connectivity index (χ1n) is 5.43. The van der Waals surface area contributed by atoms with Gasteiger partial charge < -0.3 is 20.1 Å². The molecule has 0 saturated carbocycles. The van der Waals surface area contributed by atoms with Crippen LogP contribution in [-0.2, 0) is 4.74 Å². The van der Waals surface area contributed by atoms with Crippen molar-refractivity contribution >= 4 is 11.7 Å². The van der Waals surface area contributed by atoms with Crippen LogP contribution in [0.15, 0.2) is 24.3 Å². The van der Waals surface area contributed by atoms with Gasteiger partial charge in [0.15, 0.2) is 0 Å². The van der Waals surface area contributed by atoms with Gasteiger partial charge in [-0.05, 0) is 24.3 Å². The highest BCUT2D eigenvalue weighted by Crippen LogP contribution is 2.23. The molecule has 2 rings (SSSR count). The van der Waals surface area contributed by atoms with E-state index in [1.165, 1.54) is 12.1 Å². The summed E-state index contributed by atoms with van der Waals surface area (Å²) in [5, 5.41) is 5.12. The van der Waals surface area contributed by atoms with E-state index in [1.54, 1.807) is 0 Å². The van der Waals surface area contributed by atoms with Crippen molar-refractivity contribution in [2.75, 3.05) is 18.5 Å². The third-order valence-electron chi connectivity index (χ3n) is 2.32. The molecule has 0 radical (unpaired) electrons. The number of rotatable bonds is 3. The highest BCUT2D eigenvalue weighted by molar-refractivity contribution is 5.89. The summed E-state index contributed by atoms with van der Waals surface area (Å²) in [6.07, 6.45) is -4.73. The molecular formula is C11H11F3N2O3. The minimum Gasteiger partial charge on any atom is -0.406 e. The van der Waals surface area contributed by atoms with Gasteiger partial charge in [0.25, 0.3) is 0 Å². The standard InChI is InChI=1S/C11H11F3N2O3/c12-11(13,14)19-9-3-1-7(2-4-9)15-10(17)16-8-5-18-6-8/h1-4,8H,5-6H2,(H2,15,16,17). The van der Waals surface area contributed by atoms with Crippen LogP contribution in [0.2, 0.25) is 0 Å². The van der Waals surface area contributed by atoms with Crippen molar-refractivity contribution in [1.82, 2.24) is 5.32 Å². The molecule has 19 heavy (non-hydrogen) atoms. The van der Waals surface area contributed by atoms with E-state index in [2.05, 4.69) is 15.4 Å². The number of alkyl halides is 3. The number of hydrogen-bond donors (Lipinski definition) is 2. The van der Waals surface area contributed by atoms with E-state index in [0.29, 0.717) is 18.9 Å². The van der Waals surface area contributed by atoms with Crippen LogP contribution in [0.4, 0.5) is 23.7 Å².